The van der Waals surface area contributed by atoms with Gasteiger partial charge in [0, 0.05) is 19.5 Å². The molecule has 0 saturated carbocycles. The number of rotatable bonds is 2. The minimum Gasteiger partial charge on any atom is -0.408 e. The molecule has 5 heteroatoms. The van der Waals surface area contributed by atoms with Gasteiger partial charge in [-0.15, -0.1) is 0 Å². The lowest BCUT2D eigenvalue weighted by molar-refractivity contribution is 0.343. The zero-order valence-electron chi connectivity index (χ0n) is 10.6. The number of oxazole rings is 1. The van der Waals surface area contributed by atoms with E-state index in [2.05, 4.69) is 9.88 Å². The van der Waals surface area contributed by atoms with Crippen LogP contribution in [0.25, 0.3) is 11.1 Å². The molecule has 4 nitrogen and oxygen atoms in total. The highest BCUT2D eigenvalue weighted by Gasteiger charge is 2.14. The Morgan fingerprint density at radius 1 is 1.32 bits per heavy atom. The van der Waals surface area contributed by atoms with Gasteiger partial charge in [-0.2, -0.15) is 0 Å². The minimum atomic E-state index is -0.411. The summed E-state index contributed by atoms with van der Waals surface area (Å²) >= 11 is 5.51. The van der Waals surface area contributed by atoms with Crippen LogP contribution in [0.2, 0.25) is 0 Å². The van der Waals surface area contributed by atoms with Gasteiger partial charge in [0.15, 0.2) is 5.58 Å². The van der Waals surface area contributed by atoms with Gasteiger partial charge in [-0.3, -0.25) is 4.98 Å². The van der Waals surface area contributed by atoms with Gasteiger partial charge in [0.2, 0.25) is 0 Å². The first-order valence-electron chi connectivity index (χ1n) is 6.62. The van der Waals surface area contributed by atoms with Gasteiger partial charge in [-0.05, 0) is 37.0 Å². The molecule has 1 fully saturated rings. The summed E-state index contributed by atoms with van der Waals surface area (Å²) in [5, 5.41) is 0. The number of likely N-dealkylation sites (tertiary alicyclic amines) is 1. The predicted molar refractivity (Wildman–Crippen MR) is 78.6 cm³/mol. The summed E-state index contributed by atoms with van der Waals surface area (Å²) in [6, 6.07) is 5.75. The van der Waals surface area contributed by atoms with Crippen molar-refractivity contribution in [3.63, 3.8) is 0 Å². The molecule has 2 aromatic rings. The lowest BCUT2D eigenvalue weighted by Crippen LogP contribution is -2.35. The number of piperidine rings is 1. The average molecular weight is 276 g/mol. The number of nitrogens with one attached hydrogen (secondary N) is 1. The molecule has 1 N–H and O–H groups in total. The van der Waals surface area contributed by atoms with Crippen molar-refractivity contribution in [1.82, 2.24) is 9.88 Å². The number of aromatic amines is 1. The second kappa shape index (κ2) is 5.17. The average Bonchev–Trinajstić information content (AvgIpc) is 2.79. The van der Waals surface area contributed by atoms with E-state index in [1.165, 1.54) is 19.3 Å². The molecule has 2 heterocycles. The quantitative estimate of drug-likeness (QED) is 0.856. The molecule has 3 rings (SSSR count). The van der Waals surface area contributed by atoms with E-state index >= 15 is 0 Å². The first-order chi connectivity index (χ1) is 9.22. The number of aromatic nitrogens is 1. The van der Waals surface area contributed by atoms with Crippen molar-refractivity contribution in [3.05, 3.63) is 34.3 Å². The predicted octanol–water partition coefficient (Wildman–Crippen LogP) is 2.48. The van der Waals surface area contributed by atoms with Gasteiger partial charge in [0.1, 0.15) is 0 Å². The van der Waals surface area contributed by atoms with Crippen LogP contribution in [0.4, 0.5) is 0 Å². The number of H-pyrrole nitrogens is 1. The van der Waals surface area contributed by atoms with Crippen molar-refractivity contribution in [2.75, 3.05) is 13.1 Å². The fourth-order valence-electron chi connectivity index (χ4n) is 2.53. The number of nitrogens with zero attached hydrogens (tertiary/aromatic N) is 1. The molecule has 0 bridgehead atoms. The van der Waals surface area contributed by atoms with Gasteiger partial charge in [-0.25, -0.2) is 4.79 Å². The molecule has 1 aromatic carbocycles. The summed E-state index contributed by atoms with van der Waals surface area (Å²) in [6.07, 6.45) is 4.50. The maximum Gasteiger partial charge on any atom is 0.417 e. The van der Waals surface area contributed by atoms with Crippen molar-refractivity contribution in [3.8, 4) is 0 Å². The normalized spacial score (nSPS) is 15.9. The van der Waals surface area contributed by atoms with E-state index in [1.54, 1.807) is 0 Å². The van der Waals surface area contributed by atoms with Crippen LogP contribution >= 0.6 is 12.2 Å². The highest BCUT2D eigenvalue weighted by molar-refractivity contribution is 7.80. The van der Waals surface area contributed by atoms with Gasteiger partial charge in [0.25, 0.3) is 0 Å². The monoisotopic (exact) mass is 276 g/mol. The van der Waals surface area contributed by atoms with Crippen LogP contribution in [-0.4, -0.2) is 28.0 Å². The SMILES string of the molecule is O=c1[nH]c2ccc(CC(=S)N3CCCCC3)cc2o1. The number of hydrogen-bond donors (Lipinski definition) is 1. The van der Waals surface area contributed by atoms with Crippen LogP contribution in [0.3, 0.4) is 0 Å². The van der Waals surface area contributed by atoms with E-state index in [0.717, 1.165) is 35.6 Å². The number of hydrogen-bond acceptors (Lipinski definition) is 3. The molecule has 1 aliphatic heterocycles. The second-order valence-electron chi connectivity index (χ2n) is 4.96. The molecule has 0 amide bonds. The lowest BCUT2D eigenvalue weighted by Gasteiger charge is -2.29. The van der Waals surface area contributed by atoms with E-state index in [9.17, 15) is 4.79 Å². The van der Waals surface area contributed by atoms with Gasteiger partial charge >= 0.3 is 5.76 Å². The van der Waals surface area contributed by atoms with Gasteiger partial charge in [0.05, 0.1) is 10.5 Å². The van der Waals surface area contributed by atoms with E-state index in [4.69, 9.17) is 16.6 Å². The number of thiocarbonyl (C=S) groups is 1. The Morgan fingerprint density at radius 2 is 2.11 bits per heavy atom. The van der Waals surface area contributed by atoms with Crippen LogP contribution < -0.4 is 5.76 Å². The summed E-state index contributed by atoms with van der Waals surface area (Å²) in [7, 11) is 0. The summed E-state index contributed by atoms with van der Waals surface area (Å²) < 4.78 is 5.07. The molecule has 0 spiro atoms. The number of benzene rings is 1. The molecule has 100 valence electrons. The topological polar surface area (TPSA) is 49.2 Å². The Hall–Kier alpha value is -1.62. The smallest absolute Gasteiger partial charge is 0.408 e. The summed E-state index contributed by atoms with van der Waals surface area (Å²) in [5.41, 5.74) is 2.42. The molecule has 0 aliphatic carbocycles. The van der Waals surface area contributed by atoms with Gasteiger partial charge in [-0.1, -0.05) is 18.3 Å². The molecule has 0 unspecified atom stereocenters. The van der Waals surface area contributed by atoms with Crippen LogP contribution in [0.15, 0.2) is 27.4 Å². The largest absolute Gasteiger partial charge is 0.417 e. The standard InChI is InChI=1S/C14H16N2O2S/c17-14-15-11-5-4-10(8-12(11)18-14)9-13(19)16-6-2-1-3-7-16/h4-5,8H,1-3,6-7,9H2,(H,15,17). The highest BCUT2D eigenvalue weighted by Crippen LogP contribution is 2.16. The minimum absolute atomic E-state index is 0.411. The van der Waals surface area contributed by atoms with Crippen molar-refractivity contribution >= 4 is 28.3 Å². The zero-order chi connectivity index (χ0) is 13.2. The van der Waals surface area contributed by atoms with E-state index in [-0.39, 0.29) is 0 Å². The molecule has 0 atom stereocenters. The highest BCUT2D eigenvalue weighted by atomic mass is 32.1. The molecule has 0 radical (unpaired) electrons. The Balaban J connectivity index is 1.76. The van der Waals surface area contributed by atoms with Crippen molar-refractivity contribution in [2.24, 2.45) is 0 Å². The summed E-state index contributed by atoms with van der Waals surface area (Å²) in [5.74, 6) is -0.411. The maximum atomic E-state index is 11.1. The molecule has 1 aliphatic rings. The number of fused-ring (bicyclic) bond motifs is 1. The zero-order valence-corrected chi connectivity index (χ0v) is 11.5. The Kier molecular flexibility index (Phi) is 3.38. The van der Waals surface area contributed by atoms with Crippen LogP contribution in [0, 0.1) is 0 Å². The fraction of sp³-hybridized carbons (Fsp3) is 0.429. The fourth-order valence-corrected chi connectivity index (χ4v) is 2.88. The van der Waals surface area contributed by atoms with Crippen LogP contribution in [-0.2, 0) is 6.42 Å². The molecule has 1 aromatic heterocycles. The van der Waals surface area contributed by atoms with E-state index in [0.29, 0.717) is 5.58 Å². The van der Waals surface area contributed by atoms with E-state index < -0.39 is 5.76 Å². The maximum absolute atomic E-state index is 11.1. The Labute approximate surface area is 116 Å². The third-order valence-corrected chi connectivity index (χ3v) is 3.95. The van der Waals surface area contributed by atoms with Crippen LogP contribution in [0.1, 0.15) is 24.8 Å². The van der Waals surface area contributed by atoms with Gasteiger partial charge < -0.3 is 9.32 Å². The molecular formula is C14H16N2O2S. The van der Waals surface area contributed by atoms with Crippen molar-refractivity contribution in [2.45, 2.75) is 25.7 Å². The molecule has 19 heavy (non-hydrogen) atoms. The lowest BCUT2D eigenvalue weighted by atomic mass is 10.1. The van der Waals surface area contributed by atoms with Crippen molar-refractivity contribution in [1.29, 1.82) is 0 Å². The third kappa shape index (κ3) is 2.71. The first-order valence-corrected chi connectivity index (χ1v) is 7.03. The van der Waals surface area contributed by atoms with E-state index in [1.807, 2.05) is 18.2 Å². The Bertz CT molecular complexity index is 653. The Morgan fingerprint density at radius 3 is 2.89 bits per heavy atom. The second-order valence-corrected chi connectivity index (χ2v) is 5.43. The summed E-state index contributed by atoms with van der Waals surface area (Å²) in [4.78, 5) is 17.0. The summed E-state index contributed by atoms with van der Waals surface area (Å²) in [6.45, 7) is 2.14. The first kappa shape index (κ1) is 12.4. The molecule has 1 saturated heterocycles. The van der Waals surface area contributed by atoms with Crippen molar-refractivity contribution < 1.29 is 4.42 Å². The third-order valence-electron chi connectivity index (χ3n) is 3.55. The molecular weight excluding hydrogens is 260 g/mol. The van der Waals surface area contributed by atoms with Crippen LogP contribution in [0.5, 0.6) is 0 Å².